The lowest BCUT2D eigenvalue weighted by Gasteiger charge is -2.07. The average molecular weight is 403 g/mol. The van der Waals surface area contributed by atoms with E-state index in [1.807, 2.05) is 6.07 Å². The van der Waals surface area contributed by atoms with Crippen molar-refractivity contribution in [2.45, 2.75) is 0 Å². The molecule has 7 nitrogen and oxygen atoms in total. The molecule has 0 aliphatic rings. The molecule has 2 aromatic rings. The maximum absolute atomic E-state index is 10.9. The van der Waals surface area contributed by atoms with Gasteiger partial charge < -0.3 is 9.84 Å². The Bertz CT molecular complexity index is 902. The molecule has 0 aliphatic heterocycles. The number of hydrogen-bond donors (Lipinski definition) is 1. The Kier molecular flexibility index (Phi) is 5.87. The molecule has 0 fully saturated rings. The first kappa shape index (κ1) is 18.2. The fourth-order valence-electron chi connectivity index (χ4n) is 2.00. The monoisotopic (exact) mass is 402 g/mol. The minimum absolute atomic E-state index is 0.0998. The summed E-state index contributed by atoms with van der Waals surface area (Å²) in [5.41, 5.74) is 1.24. The second-order valence-corrected chi connectivity index (χ2v) is 5.70. The van der Waals surface area contributed by atoms with Crippen LogP contribution >= 0.6 is 15.9 Å². The molecular formula is C17H11BrN2O5. The zero-order valence-corrected chi connectivity index (χ0v) is 14.3. The van der Waals surface area contributed by atoms with Crippen molar-refractivity contribution in [1.82, 2.24) is 0 Å². The molecule has 0 saturated carbocycles. The first-order valence-corrected chi connectivity index (χ1v) is 7.71. The van der Waals surface area contributed by atoms with Gasteiger partial charge in [0.25, 0.3) is 5.69 Å². The summed E-state index contributed by atoms with van der Waals surface area (Å²) >= 11 is 3.28. The van der Waals surface area contributed by atoms with Gasteiger partial charge in [-0.3, -0.25) is 10.1 Å². The van der Waals surface area contributed by atoms with E-state index in [2.05, 4.69) is 15.9 Å². The largest absolute Gasteiger partial charge is 0.481 e. The van der Waals surface area contributed by atoms with Crippen LogP contribution in [-0.4, -0.2) is 22.6 Å². The lowest BCUT2D eigenvalue weighted by Crippen LogP contribution is -2.09. The number of benzene rings is 2. The highest BCUT2D eigenvalue weighted by Gasteiger charge is 2.10. The van der Waals surface area contributed by atoms with Gasteiger partial charge in [0, 0.05) is 12.1 Å². The number of carboxylic acids is 1. The van der Waals surface area contributed by atoms with Gasteiger partial charge in [-0.25, -0.2) is 4.79 Å². The van der Waals surface area contributed by atoms with Crippen LogP contribution in [0.5, 0.6) is 5.75 Å². The molecule has 0 heterocycles. The van der Waals surface area contributed by atoms with Crippen molar-refractivity contribution in [1.29, 1.82) is 5.26 Å². The van der Waals surface area contributed by atoms with Crippen molar-refractivity contribution in [3.8, 4) is 11.8 Å². The van der Waals surface area contributed by atoms with Crippen molar-refractivity contribution in [2.24, 2.45) is 0 Å². The Labute approximate surface area is 151 Å². The quantitative estimate of drug-likeness (QED) is 0.339. The van der Waals surface area contributed by atoms with E-state index in [-0.39, 0.29) is 11.3 Å². The number of halogens is 1. The Morgan fingerprint density at radius 2 is 2.12 bits per heavy atom. The van der Waals surface area contributed by atoms with Gasteiger partial charge in [-0.15, -0.1) is 0 Å². The third-order valence-electron chi connectivity index (χ3n) is 3.11. The zero-order chi connectivity index (χ0) is 18.4. The van der Waals surface area contributed by atoms with Gasteiger partial charge in [-0.2, -0.15) is 5.26 Å². The fourth-order valence-corrected chi connectivity index (χ4v) is 2.51. The summed E-state index contributed by atoms with van der Waals surface area (Å²) in [6.07, 6.45) is 1.57. The van der Waals surface area contributed by atoms with Crippen molar-refractivity contribution in [2.75, 3.05) is 6.61 Å². The highest BCUT2D eigenvalue weighted by atomic mass is 79.9. The molecule has 8 heteroatoms. The molecule has 0 radical (unpaired) electrons. The summed E-state index contributed by atoms with van der Waals surface area (Å²) in [6, 6.07) is 12.7. The second-order valence-electron chi connectivity index (χ2n) is 4.85. The molecule has 1 N–H and O–H groups in total. The smallest absolute Gasteiger partial charge is 0.341 e. The third-order valence-corrected chi connectivity index (χ3v) is 3.73. The molecule has 0 bridgehead atoms. The maximum atomic E-state index is 10.9. The number of allylic oxidation sites excluding steroid dienone is 1. The molecule has 2 aromatic carbocycles. The Morgan fingerprint density at radius 1 is 1.36 bits per heavy atom. The van der Waals surface area contributed by atoms with E-state index < -0.39 is 17.5 Å². The molecule has 0 amide bonds. The van der Waals surface area contributed by atoms with Crippen molar-refractivity contribution in [3.05, 3.63) is 68.2 Å². The van der Waals surface area contributed by atoms with E-state index in [4.69, 9.17) is 9.84 Å². The molecular weight excluding hydrogens is 392 g/mol. The molecule has 0 aromatic heterocycles. The molecule has 0 saturated heterocycles. The lowest BCUT2D eigenvalue weighted by molar-refractivity contribution is -0.384. The summed E-state index contributed by atoms with van der Waals surface area (Å²) in [5.74, 6) is -0.735. The summed E-state index contributed by atoms with van der Waals surface area (Å²) in [7, 11) is 0. The molecule has 126 valence electrons. The van der Waals surface area contributed by atoms with E-state index in [9.17, 15) is 20.2 Å². The van der Waals surface area contributed by atoms with E-state index in [1.165, 1.54) is 18.2 Å². The Balaban J connectivity index is 2.32. The standard InChI is InChI=1S/C17H11BrN2O5/c18-15-7-11(4-5-16(15)25-10-17(21)22)6-13(9-19)12-2-1-3-14(8-12)20(23)24/h1-8H,10H2,(H,21,22)/b13-6-. The Morgan fingerprint density at radius 3 is 2.72 bits per heavy atom. The number of nitro groups is 1. The SMILES string of the molecule is N#C/C(=C/c1ccc(OCC(=O)O)c(Br)c1)c1cccc([N+](=O)[O-])c1. The number of ether oxygens (including phenoxy) is 1. The van der Waals surface area contributed by atoms with E-state index in [0.29, 0.717) is 21.3 Å². The lowest BCUT2D eigenvalue weighted by atomic mass is 10.0. The van der Waals surface area contributed by atoms with Crippen LogP contribution in [0.15, 0.2) is 46.9 Å². The van der Waals surface area contributed by atoms with Crippen LogP contribution in [0.2, 0.25) is 0 Å². The minimum atomic E-state index is -1.09. The van der Waals surface area contributed by atoms with E-state index in [0.717, 1.165) is 0 Å². The number of carbonyl (C=O) groups is 1. The normalized spacial score (nSPS) is 10.8. The molecule has 0 aliphatic carbocycles. The maximum Gasteiger partial charge on any atom is 0.341 e. The number of nitrogens with zero attached hydrogens (tertiary/aromatic N) is 2. The highest BCUT2D eigenvalue weighted by Crippen LogP contribution is 2.28. The number of hydrogen-bond acceptors (Lipinski definition) is 5. The van der Waals surface area contributed by atoms with Crippen LogP contribution in [0.1, 0.15) is 11.1 Å². The van der Waals surface area contributed by atoms with Crippen LogP contribution in [0.3, 0.4) is 0 Å². The molecule has 0 spiro atoms. The van der Waals surface area contributed by atoms with Gasteiger partial charge in [-0.1, -0.05) is 18.2 Å². The van der Waals surface area contributed by atoms with Crippen molar-refractivity contribution in [3.63, 3.8) is 0 Å². The second kappa shape index (κ2) is 8.08. The predicted molar refractivity (Wildman–Crippen MR) is 93.9 cm³/mol. The molecule has 25 heavy (non-hydrogen) atoms. The van der Waals surface area contributed by atoms with Crippen LogP contribution in [0.25, 0.3) is 11.6 Å². The van der Waals surface area contributed by atoms with Crippen LogP contribution in [0.4, 0.5) is 5.69 Å². The number of nitriles is 1. The van der Waals surface area contributed by atoms with Crippen LogP contribution in [-0.2, 0) is 4.79 Å². The first-order chi connectivity index (χ1) is 11.9. The summed E-state index contributed by atoms with van der Waals surface area (Å²) in [4.78, 5) is 20.9. The number of non-ortho nitro benzene ring substituents is 1. The zero-order valence-electron chi connectivity index (χ0n) is 12.7. The average Bonchev–Trinajstić information content (AvgIpc) is 2.58. The van der Waals surface area contributed by atoms with Gasteiger partial charge in [0.05, 0.1) is 21.0 Å². The topological polar surface area (TPSA) is 113 Å². The van der Waals surface area contributed by atoms with Crippen molar-refractivity contribution < 1.29 is 19.6 Å². The number of nitro benzene ring substituents is 1. The minimum Gasteiger partial charge on any atom is -0.481 e. The highest BCUT2D eigenvalue weighted by molar-refractivity contribution is 9.10. The number of aliphatic carboxylic acids is 1. The van der Waals surface area contributed by atoms with E-state index in [1.54, 1.807) is 30.3 Å². The van der Waals surface area contributed by atoms with Gasteiger partial charge in [0.2, 0.25) is 0 Å². The van der Waals surface area contributed by atoms with Crippen LogP contribution in [0, 0.1) is 21.4 Å². The Hall–Kier alpha value is -3.18. The van der Waals surface area contributed by atoms with Gasteiger partial charge >= 0.3 is 5.97 Å². The molecule has 0 unspecified atom stereocenters. The van der Waals surface area contributed by atoms with Gasteiger partial charge in [-0.05, 0) is 45.3 Å². The van der Waals surface area contributed by atoms with Crippen LogP contribution < -0.4 is 4.74 Å². The van der Waals surface area contributed by atoms with E-state index >= 15 is 0 Å². The number of rotatable bonds is 6. The van der Waals surface area contributed by atoms with Gasteiger partial charge in [0.1, 0.15) is 5.75 Å². The molecule has 2 rings (SSSR count). The number of carboxylic acid groups (broad SMARTS) is 1. The fraction of sp³-hybridized carbons (Fsp3) is 0.0588. The first-order valence-electron chi connectivity index (χ1n) is 6.91. The molecule has 0 atom stereocenters. The van der Waals surface area contributed by atoms with Gasteiger partial charge in [0.15, 0.2) is 6.61 Å². The van der Waals surface area contributed by atoms with Crippen molar-refractivity contribution >= 4 is 39.2 Å². The summed E-state index contributed by atoms with van der Waals surface area (Å²) < 4.78 is 5.63. The predicted octanol–water partition coefficient (Wildman–Crippen LogP) is 3.88. The third kappa shape index (κ3) is 4.89. The summed E-state index contributed by atoms with van der Waals surface area (Å²) in [5, 5.41) is 28.8. The summed E-state index contributed by atoms with van der Waals surface area (Å²) in [6.45, 7) is -0.467.